The summed E-state index contributed by atoms with van der Waals surface area (Å²) in [7, 11) is 1.70. The number of carbonyl (C=O) groups is 1. The molecule has 5 nitrogen and oxygen atoms in total. The molecule has 0 bridgehead atoms. The second-order valence-electron chi connectivity index (χ2n) is 6.07. The SMILES string of the molecule is CN(C(=O)CC1(O)CCOC1)c1ccc(Oc2ccccc2)cc1. The molecule has 0 aromatic heterocycles. The normalized spacial score (nSPS) is 19.9. The highest BCUT2D eigenvalue weighted by Gasteiger charge is 2.35. The van der Waals surface area contributed by atoms with Crippen molar-refractivity contribution >= 4 is 11.6 Å². The van der Waals surface area contributed by atoms with Gasteiger partial charge in [0.2, 0.25) is 5.91 Å². The first-order valence-corrected chi connectivity index (χ1v) is 7.95. The van der Waals surface area contributed by atoms with Crippen molar-refractivity contribution in [1.29, 1.82) is 0 Å². The topological polar surface area (TPSA) is 59.0 Å². The monoisotopic (exact) mass is 327 g/mol. The van der Waals surface area contributed by atoms with Crippen molar-refractivity contribution in [3.63, 3.8) is 0 Å². The zero-order chi connectivity index (χ0) is 17.0. The number of carbonyl (C=O) groups excluding carboxylic acids is 1. The van der Waals surface area contributed by atoms with Gasteiger partial charge in [-0.3, -0.25) is 4.79 Å². The van der Waals surface area contributed by atoms with Crippen LogP contribution in [-0.2, 0) is 9.53 Å². The number of benzene rings is 2. The van der Waals surface area contributed by atoms with E-state index in [9.17, 15) is 9.90 Å². The lowest BCUT2D eigenvalue weighted by Gasteiger charge is -2.24. The predicted molar refractivity (Wildman–Crippen MR) is 91.4 cm³/mol. The molecule has 1 amide bonds. The molecule has 0 aliphatic carbocycles. The van der Waals surface area contributed by atoms with Crippen LogP contribution >= 0.6 is 0 Å². The second-order valence-corrected chi connectivity index (χ2v) is 6.07. The maximum atomic E-state index is 12.4. The molecule has 1 atom stereocenters. The van der Waals surface area contributed by atoms with Crippen molar-refractivity contribution in [2.75, 3.05) is 25.2 Å². The van der Waals surface area contributed by atoms with Gasteiger partial charge in [0.1, 0.15) is 11.5 Å². The number of para-hydroxylation sites is 1. The van der Waals surface area contributed by atoms with Crippen molar-refractivity contribution in [3.05, 3.63) is 54.6 Å². The summed E-state index contributed by atoms with van der Waals surface area (Å²) >= 11 is 0. The smallest absolute Gasteiger partial charge is 0.229 e. The minimum absolute atomic E-state index is 0.0613. The third kappa shape index (κ3) is 3.93. The summed E-state index contributed by atoms with van der Waals surface area (Å²) in [6, 6.07) is 16.8. The standard InChI is InChI=1S/C19H21NO4/c1-20(18(21)13-19(22)11-12-23-14-19)15-7-9-17(10-8-15)24-16-5-3-2-4-6-16/h2-10,22H,11-14H2,1H3. The van der Waals surface area contributed by atoms with Crippen molar-refractivity contribution < 1.29 is 19.4 Å². The van der Waals surface area contributed by atoms with Crippen LogP contribution in [0.3, 0.4) is 0 Å². The Balaban J connectivity index is 1.63. The van der Waals surface area contributed by atoms with Gasteiger partial charge in [-0.05, 0) is 36.4 Å². The fourth-order valence-electron chi connectivity index (χ4n) is 2.64. The lowest BCUT2D eigenvalue weighted by molar-refractivity contribution is -0.123. The lowest BCUT2D eigenvalue weighted by atomic mass is 9.98. The van der Waals surface area contributed by atoms with Gasteiger partial charge in [-0.1, -0.05) is 18.2 Å². The van der Waals surface area contributed by atoms with Gasteiger partial charge in [-0.2, -0.15) is 0 Å². The van der Waals surface area contributed by atoms with Crippen LogP contribution in [0.15, 0.2) is 54.6 Å². The van der Waals surface area contributed by atoms with E-state index in [1.54, 1.807) is 11.9 Å². The Kier molecular flexibility index (Phi) is 4.83. The van der Waals surface area contributed by atoms with Crippen molar-refractivity contribution in [3.8, 4) is 11.5 Å². The number of amides is 1. The average Bonchev–Trinajstić information content (AvgIpc) is 3.02. The van der Waals surface area contributed by atoms with Crippen LogP contribution in [0.5, 0.6) is 11.5 Å². The first-order valence-electron chi connectivity index (χ1n) is 7.95. The van der Waals surface area contributed by atoms with Crippen LogP contribution in [0, 0.1) is 0 Å². The molecular formula is C19H21NO4. The third-order valence-corrected chi connectivity index (χ3v) is 4.14. The van der Waals surface area contributed by atoms with E-state index in [4.69, 9.17) is 9.47 Å². The first-order chi connectivity index (χ1) is 11.6. The summed E-state index contributed by atoms with van der Waals surface area (Å²) in [4.78, 5) is 13.9. The third-order valence-electron chi connectivity index (χ3n) is 4.14. The lowest BCUT2D eigenvalue weighted by Crippen LogP contribution is -2.38. The molecule has 1 unspecified atom stereocenters. The number of nitrogens with zero attached hydrogens (tertiary/aromatic N) is 1. The van der Waals surface area contributed by atoms with Gasteiger partial charge in [0, 0.05) is 25.8 Å². The molecule has 126 valence electrons. The minimum atomic E-state index is -1.04. The fourth-order valence-corrected chi connectivity index (χ4v) is 2.64. The van der Waals surface area contributed by atoms with Gasteiger partial charge in [0.15, 0.2) is 0 Å². The summed E-state index contributed by atoms with van der Waals surface area (Å²) in [6.45, 7) is 0.718. The van der Waals surface area contributed by atoms with Crippen molar-refractivity contribution in [2.45, 2.75) is 18.4 Å². The van der Waals surface area contributed by atoms with Crippen LogP contribution in [0.2, 0.25) is 0 Å². The molecular weight excluding hydrogens is 306 g/mol. The number of hydrogen-bond donors (Lipinski definition) is 1. The Labute approximate surface area is 141 Å². The number of rotatable bonds is 5. The van der Waals surface area contributed by atoms with Gasteiger partial charge >= 0.3 is 0 Å². The van der Waals surface area contributed by atoms with Crippen molar-refractivity contribution in [1.82, 2.24) is 0 Å². The van der Waals surface area contributed by atoms with Crippen molar-refractivity contribution in [2.24, 2.45) is 0 Å². The van der Waals surface area contributed by atoms with Crippen LogP contribution in [0.25, 0.3) is 0 Å². The Bertz CT molecular complexity index is 678. The largest absolute Gasteiger partial charge is 0.457 e. The zero-order valence-electron chi connectivity index (χ0n) is 13.6. The average molecular weight is 327 g/mol. The molecule has 1 heterocycles. The second kappa shape index (κ2) is 7.03. The molecule has 1 fully saturated rings. The Morgan fingerprint density at radius 3 is 2.46 bits per heavy atom. The van der Waals surface area contributed by atoms with Gasteiger partial charge in [-0.15, -0.1) is 0 Å². The quantitative estimate of drug-likeness (QED) is 0.917. The Morgan fingerprint density at radius 1 is 1.17 bits per heavy atom. The molecule has 1 aliphatic rings. The van der Waals surface area contributed by atoms with Crippen LogP contribution in [0.1, 0.15) is 12.8 Å². The molecule has 2 aromatic carbocycles. The first kappa shape index (κ1) is 16.5. The number of aliphatic hydroxyl groups is 1. The van der Waals surface area contributed by atoms with E-state index in [1.165, 1.54) is 0 Å². The minimum Gasteiger partial charge on any atom is -0.457 e. The molecule has 1 aliphatic heterocycles. The molecule has 2 aromatic rings. The molecule has 1 N–H and O–H groups in total. The van der Waals surface area contributed by atoms with Gasteiger partial charge < -0.3 is 19.5 Å². The summed E-state index contributed by atoms with van der Waals surface area (Å²) in [5.74, 6) is 1.33. The van der Waals surface area contributed by atoms with Gasteiger partial charge in [0.05, 0.1) is 18.6 Å². The fraction of sp³-hybridized carbons (Fsp3) is 0.316. The van der Waals surface area contributed by atoms with Gasteiger partial charge in [-0.25, -0.2) is 0 Å². The van der Waals surface area contributed by atoms with E-state index in [-0.39, 0.29) is 18.9 Å². The number of anilines is 1. The van der Waals surface area contributed by atoms with E-state index < -0.39 is 5.60 Å². The van der Waals surface area contributed by atoms with E-state index in [1.807, 2.05) is 54.6 Å². The molecule has 3 rings (SSSR count). The summed E-state index contributed by atoms with van der Waals surface area (Å²) < 4.78 is 10.9. The van der Waals surface area contributed by atoms with Crippen LogP contribution in [-0.4, -0.2) is 36.9 Å². The highest BCUT2D eigenvalue weighted by atomic mass is 16.5. The van der Waals surface area contributed by atoms with Crippen LogP contribution in [0.4, 0.5) is 5.69 Å². The van der Waals surface area contributed by atoms with Gasteiger partial charge in [0.25, 0.3) is 0 Å². The van der Waals surface area contributed by atoms with E-state index >= 15 is 0 Å². The molecule has 5 heteroatoms. The molecule has 0 saturated carbocycles. The zero-order valence-corrected chi connectivity index (χ0v) is 13.6. The summed E-state index contributed by atoms with van der Waals surface area (Å²) in [5, 5.41) is 10.3. The molecule has 1 saturated heterocycles. The highest BCUT2D eigenvalue weighted by Crippen LogP contribution is 2.26. The van der Waals surface area contributed by atoms with E-state index in [2.05, 4.69) is 0 Å². The molecule has 0 radical (unpaired) electrons. The maximum Gasteiger partial charge on any atom is 0.229 e. The summed E-state index contributed by atoms with van der Waals surface area (Å²) in [5.41, 5.74) is -0.287. The van der Waals surface area contributed by atoms with E-state index in [0.717, 1.165) is 11.4 Å². The Hall–Kier alpha value is -2.37. The van der Waals surface area contributed by atoms with E-state index in [0.29, 0.717) is 18.8 Å². The predicted octanol–water partition coefficient (Wildman–Crippen LogP) is 2.98. The highest BCUT2D eigenvalue weighted by molar-refractivity contribution is 5.93. The molecule has 24 heavy (non-hydrogen) atoms. The maximum absolute atomic E-state index is 12.4. The molecule has 0 spiro atoms. The summed E-state index contributed by atoms with van der Waals surface area (Å²) in [6.07, 6.45) is 0.558. The number of ether oxygens (including phenoxy) is 2. The number of hydrogen-bond acceptors (Lipinski definition) is 4. The van der Waals surface area contributed by atoms with Crippen LogP contribution < -0.4 is 9.64 Å². The Morgan fingerprint density at radius 2 is 1.83 bits per heavy atom.